The molecule has 1 aromatic rings. The van der Waals surface area contributed by atoms with E-state index >= 15 is 0 Å². The van der Waals surface area contributed by atoms with Crippen molar-refractivity contribution in [2.75, 3.05) is 11.4 Å². The number of nitrogens with zero attached hydrogens (tertiary/aromatic N) is 1. The van der Waals surface area contributed by atoms with E-state index in [-0.39, 0.29) is 6.04 Å². The molecule has 1 aliphatic rings. The Morgan fingerprint density at radius 3 is 2.72 bits per heavy atom. The number of unbranched alkanes of at least 4 members (excludes halogenated alkanes) is 1. The Labute approximate surface area is 119 Å². The summed E-state index contributed by atoms with van der Waals surface area (Å²) in [5.74, 6) is 0. The highest BCUT2D eigenvalue weighted by atomic mass is 79.9. The van der Waals surface area contributed by atoms with Crippen molar-refractivity contribution in [1.29, 1.82) is 0 Å². The maximum absolute atomic E-state index is 6.12. The van der Waals surface area contributed by atoms with Gasteiger partial charge in [0.1, 0.15) is 0 Å². The van der Waals surface area contributed by atoms with Gasteiger partial charge in [0.25, 0.3) is 0 Å². The molecule has 0 aromatic heterocycles. The number of hydrogen-bond acceptors (Lipinski definition) is 2. The van der Waals surface area contributed by atoms with E-state index in [4.69, 9.17) is 5.73 Å². The Morgan fingerprint density at radius 2 is 2.17 bits per heavy atom. The number of halogens is 1. The Hall–Kier alpha value is -0.540. The SMILES string of the molecule is CCCCN(c1ccc(Br)cc1C(C)N)C1CC1. The third kappa shape index (κ3) is 3.27. The quantitative estimate of drug-likeness (QED) is 0.851. The van der Waals surface area contributed by atoms with Crippen LogP contribution in [-0.2, 0) is 0 Å². The first kappa shape index (κ1) is 13.9. The lowest BCUT2D eigenvalue weighted by molar-refractivity contribution is 0.702. The van der Waals surface area contributed by atoms with Crippen LogP contribution in [0.25, 0.3) is 0 Å². The molecule has 2 rings (SSSR count). The van der Waals surface area contributed by atoms with Crippen molar-refractivity contribution in [3.8, 4) is 0 Å². The smallest absolute Gasteiger partial charge is 0.0417 e. The second-order valence-electron chi connectivity index (χ2n) is 5.27. The highest BCUT2D eigenvalue weighted by Crippen LogP contribution is 2.36. The van der Waals surface area contributed by atoms with E-state index < -0.39 is 0 Å². The summed E-state index contributed by atoms with van der Waals surface area (Å²) in [6.45, 7) is 5.47. The summed E-state index contributed by atoms with van der Waals surface area (Å²) in [7, 11) is 0. The minimum Gasteiger partial charge on any atom is -0.368 e. The van der Waals surface area contributed by atoms with Crippen LogP contribution in [0.2, 0.25) is 0 Å². The minimum atomic E-state index is 0.0837. The van der Waals surface area contributed by atoms with E-state index in [1.54, 1.807) is 0 Å². The summed E-state index contributed by atoms with van der Waals surface area (Å²) >= 11 is 3.54. The summed E-state index contributed by atoms with van der Waals surface area (Å²) in [4.78, 5) is 2.56. The third-order valence-electron chi connectivity index (χ3n) is 3.53. The molecule has 0 radical (unpaired) electrons. The highest BCUT2D eigenvalue weighted by Gasteiger charge is 2.30. The molecule has 1 atom stereocenters. The lowest BCUT2D eigenvalue weighted by atomic mass is 10.1. The van der Waals surface area contributed by atoms with Crippen LogP contribution in [0.15, 0.2) is 22.7 Å². The maximum atomic E-state index is 6.12. The Morgan fingerprint density at radius 1 is 1.44 bits per heavy atom. The Kier molecular flexibility index (Phi) is 4.68. The zero-order valence-electron chi connectivity index (χ0n) is 11.3. The van der Waals surface area contributed by atoms with E-state index in [2.05, 4.69) is 52.9 Å². The van der Waals surface area contributed by atoms with Gasteiger partial charge in [-0.2, -0.15) is 0 Å². The fourth-order valence-electron chi connectivity index (χ4n) is 2.37. The average molecular weight is 311 g/mol. The van der Waals surface area contributed by atoms with E-state index in [1.165, 1.54) is 36.9 Å². The predicted molar refractivity (Wildman–Crippen MR) is 82.0 cm³/mol. The predicted octanol–water partition coefficient (Wildman–Crippen LogP) is 4.24. The molecule has 0 aliphatic heterocycles. The second kappa shape index (κ2) is 6.07. The third-order valence-corrected chi connectivity index (χ3v) is 4.02. The van der Waals surface area contributed by atoms with E-state index in [9.17, 15) is 0 Å². The fourth-order valence-corrected chi connectivity index (χ4v) is 2.74. The molecule has 1 aliphatic carbocycles. The largest absolute Gasteiger partial charge is 0.368 e. The fraction of sp³-hybridized carbons (Fsp3) is 0.600. The van der Waals surface area contributed by atoms with Crippen LogP contribution in [-0.4, -0.2) is 12.6 Å². The summed E-state index contributed by atoms with van der Waals surface area (Å²) in [6.07, 6.45) is 5.16. The van der Waals surface area contributed by atoms with Crippen molar-refractivity contribution in [3.05, 3.63) is 28.2 Å². The molecule has 100 valence electrons. The summed E-state index contributed by atoms with van der Waals surface area (Å²) < 4.78 is 1.12. The van der Waals surface area contributed by atoms with Crippen LogP contribution >= 0.6 is 15.9 Å². The number of hydrogen-bond donors (Lipinski definition) is 1. The molecule has 1 saturated carbocycles. The van der Waals surface area contributed by atoms with Crippen molar-refractivity contribution in [3.63, 3.8) is 0 Å². The van der Waals surface area contributed by atoms with Gasteiger partial charge in [-0.25, -0.2) is 0 Å². The van der Waals surface area contributed by atoms with Gasteiger partial charge < -0.3 is 10.6 Å². The van der Waals surface area contributed by atoms with Crippen molar-refractivity contribution in [2.24, 2.45) is 5.73 Å². The van der Waals surface area contributed by atoms with Gasteiger partial charge in [0.2, 0.25) is 0 Å². The van der Waals surface area contributed by atoms with E-state index in [0.29, 0.717) is 0 Å². The molecule has 2 nitrogen and oxygen atoms in total. The van der Waals surface area contributed by atoms with Crippen LogP contribution in [0.1, 0.15) is 51.1 Å². The molecule has 3 heteroatoms. The van der Waals surface area contributed by atoms with Gasteiger partial charge in [0.05, 0.1) is 0 Å². The van der Waals surface area contributed by atoms with Gasteiger partial charge in [-0.15, -0.1) is 0 Å². The van der Waals surface area contributed by atoms with Crippen molar-refractivity contribution in [2.45, 2.75) is 51.6 Å². The summed E-state index contributed by atoms with van der Waals surface area (Å²) in [5, 5.41) is 0. The molecular weight excluding hydrogens is 288 g/mol. The maximum Gasteiger partial charge on any atom is 0.0417 e. The Bertz CT molecular complexity index is 399. The zero-order valence-corrected chi connectivity index (χ0v) is 12.9. The Balaban J connectivity index is 2.28. The first-order valence-electron chi connectivity index (χ1n) is 6.95. The van der Waals surface area contributed by atoms with Gasteiger partial charge in [-0.3, -0.25) is 0 Å². The zero-order chi connectivity index (χ0) is 13.1. The van der Waals surface area contributed by atoms with Crippen molar-refractivity contribution >= 4 is 21.6 Å². The van der Waals surface area contributed by atoms with Gasteiger partial charge in [0.15, 0.2) is 0 Å². The standard InChI is InChI=1S/C15H23BrN2/c1-3-4-9-18(13-6-7-13)15-8-5-12(16)10-14(15)11(2)17/h5,8,10-11,13H,3-4,6-7,9,17H2,1-2H3. The van der Waals surface area contributed by atoms with E-state index in [1.807, 2.05) is 0 Å². The first-order chi connectivity index (χ1) is 8.63. The first-order valence-corrected chi connectivity index (χ1v) is 7.74. The van der Waals surface area contributed by atoms with Crippen LogP contribution < -0.4 is 10.6 Å². The number of anilines is 1. The van der Waals surface area contributed by atoms with E-state index in [0.717, 1.165) is 17.1 Å². The molecule has 18 heavy (non-hydrogen) atoms. The number of nitrogens with two attached hydrogens (primary N) is 1. The van der Waals surface area contributed by atoms with Gasteiger partial charge in [0, 0.05) is 28.8 Å². The summed E-state index contributed by atoms with van der Waals surface area (Å²) in [5.41, 5.74) is 8.72. The van der Waals surface area contributed by atoms with Crippen LogP contribution in [0.3, 0.4) is 0 Å². The molecule has 1 aromatic carbocycles. The minimum absolute atomic E-state index is 0.0837. The molecule has 0 amide bonds. The molecule has 0 bridgehead atoms. The molecular formula is C15H23BrN2. The molecule has 0 heterocycles. The number of rotatable bonds is 6. The van der Waals surface area contributed by atoms with Gasteiger partial charge in [-0.1, -0.05) is 29.3 Å². The lowest BCUT2D eigenvalue weighted by Gasteiger charge is -2.28. The summed E-state index contributed by atoms with van der Waals surface area (Å²) in [6, 6.07) is 7.34. The molecule has 1 unspecified atom stereocenters. The van der Waals surface area contributed by atoms with Crippen molar-refractivity contribution in [1.82, 2.24) is 0 Å². The molecule has 2 N–H and O–H groups in total. The highest BCUT2D eigenvalue weighted by molar-refractivity contribution is 9.10. The normalized spacial score (nSPS) is 16.7. The van der Waals surface area contributed by atoms with Crippen LogP contribution in [0.5, 0.6) is 0 Å². The lowest BCUT2D eigenvalue weighted by Crippen LogP contribution is -2.28. The van der Waals surface area contributed by atoms with Crippen molar-refractivity contribution < 1.29 is 0 Å². The molecule has 1 fully saturated rings. The monoisotopic (exact) mass is 310 g/mol. The van der Waals surface area contributed by atoms with Crippen LogP contribution in [0, 0.1) is 0 Å². The average Bonchev–Trinajstić information content (AvgIpc) is 3.15. The topological polar surface area (TPSA) is 29.3 Å². The molecule has 0 saturated heterocycles. The van der Waals surface area contributed by atoms with Gasteiger partial charge in [-0.05, 0) is 49.9 Å². The van der Waals surface area contributed by atoms with Crippen LogP contribution in [0.4, 0.5) is 5.69 Å². The molecule has 0 spiro atoms. The number of benzene rings is 1. The van der Waals surface area contributed by atoms with Gasteiger partial charge >= 0.3 is 0 Å². The second-order valence-corrected chi connectivity index (χ2v) is 6.19.